The second-order valence-electron chi connectivity index (χ2n) is 12.6. The average molecular weight is 634 g/mol. The zero-order chi connectivity index (χ0) is 32.5. The van der Waals surface area contributed by atoms with Gasteiger partial charge in [0.25, 0.3) is 0 Å². The predicted molar refractivity (Wildman–Crippen MR) is 182 cm³/mol. The van der Waals surface area contributed by atoms with Crippen LogP contribution in [0, 0.1) is 0 Å². The first-order chi connectivity index (χ1) is 22.9. The summed E-state index contributed by atoms with van der Waals surface area (Å²) in [5.74, 6) is 0.306. The first kappa shape index (κ1) is 30.6. The normalized spacial score (nSPS) is 16.0. The Labute approximate surface area is 273 Å². The van der Waals surface area contributed by atoms with Gasteiger partial charge >= 0.3 is 0 Å². The molecule has 9 nitrogen and oxygen atoms in total. The molecule has 2 aromatic heterocycles. The van der Waals surface area contributed by atoms with Crippen LogP contribution < -0.4 is 15.1 Å². The van der Waals surface area contributed by atoms with Crippen LogP contribution in [0.4, 0.5) is 5.82 Å². The summed E-state index contributed by atoms with van der Waals surface area (Å²) < 4.78 is 12.0. The molecule has 47 heavy (non-hydrogen) atoms. The maximum absolute atomic E-state index is 14.1. The smallest absolute Gasteiger partial charge is 0.223 e. The number of ether oxygens (including phenoxy) is 1. The third-order valence-electron chi connectivity index (χ3n) is 9.56. The molecule has 1 amide bonds. The van der Waals surface area contributed by atoms with E-state index in [0.29, 0.717) is 30.2 Å². The Morgan fingerprint density at radius 1 is 0.894 bits per heavy atom. The molecule has 1 atom stereocenters. The van der Waals surface area contributed by atoms with Gasteiger partial charge in [-0.3, -0.25) is 9.59 Å². The molecule has 2 aliphatic heterocycles. The number of phenolic OH excluding ortho intramolecular Hbond substituents is 2. The molecule has 0 radical (unpaired) electrons. The van der Waals surface area contributed by atoms with Gasteiger partial charge < -0.3 is 29.2 Å². The van der Waals surface area contributed by atoms with Gasteiger partial charge in [-0.1, -0.05) is 30.3 Å². The minimum Gasteiger partial charge on any atom is -0.507 e. The van der Waals surface area contributed by atoms with Crippen LogP contribution in [-0.4, -0.2) is 59.3 Å². The van der Waals surface area contributed by atoms with Crippen molar-refractivity contribution in [2.75, 3.05) is 38.2 Å². The van der Waals surface area contributed by atoms with Gasteiger partial charge in [0.1, 0.15) is 39.8 Å². The highest BCUT2D eigenvalue weighted by molar-refractivity contribution is 5.92. The Kier molecular flexibility index (Phi) is 8.45. The van der Waals surface area contributed by atoms with Gasteiger partial charge in [-0.2, -0.15) is 0 Å². The van der Waals surface area contributed by atoms with Crippen molar-refractivity contribution in [1.82, 2.24) is 9.88 Å². The fourth-order valence-corrected chi connectivity index (χ4v) is 7.11. The van der Waals surface area contributed by atoms with Crippen LogP contribution in [0.3, 0.4) is 0 Å². The Morgan fingerprint density at radius 3 is 2.34 bits per heavy atom. The maximum Gasteiger partial charge on any atom is 0.223 e. The molecule has 0 spiro atoms. The molecule has 4 heterocycles. The summed E-state index contributed by atoms with van der Waals surface area (Å²) in [7, 11) is 1.62. The van der Waals surface area contributed by atoms with Crippen molar-refractivity contribution in [2.24, 2.45) is 0 Å². The van der Waals surface area contributed by atoms with Gasteiger partial charge in [0, 0.05) is 78.8 Å². The Balaban J connectivity index is 1.50. The van der Waals surface area contributed by atoms with Crippen LogP contribution in [0.2, 0.25) is 0 Å². The molecule has 0 saturated carbocycles. The lowest BCUT2D eigenvalue weighted by Crippen LogP contribution is -2.37. The van der Waals surface area contributed by atoms with E-state index in [1.807, 2.05) is 59.5 Å². The predicted octanol–water partition coefficient (Wildman–Crippen LogP) is 6.95. The zero-order valence-corrected chi connectivity index (χ0v) is 26.6. The van der Waals surface area contributed by atoms with Gasteiger partial charge in [-0.05, 0) is 56.7 Å². The SMILES string of the molecule is COc1ccc2cc([C@H](CC(=O)N3CCCCC3)c3c(O)cc(O)c4c(=O)cc(-c5ccccc5)oc34)c(N3CCCCC3)nc2c1. The van der Waals surface area contributed by atoms with E-state index in [1.165, 1.54) is 12.1 Å². The number of nitrogens with zero attached hydrogens (tertiary/aromatic N) is 3. The highest BCUT2D eigenvalue weighted by atomic mass is 16.5. The molecular weight excluding hydrogens is 594 g/mol. The van der Waals surface area contributed by atoms with Crippen molar-refractivity contribution in [1.29, 1.82) is 0 Å². The van der Waals surface area contributed by atoms with Gasteiger partial charge in [0.15, 0.2) is 5.43 Å². The van der Waals surface area contributed by atoms with E-state index in [9.17, 15) is 19.8 Å². The summed E-state index contributed by atoms with van der Waals surface area (Å²) in [6.07, 6.45) is 6.14. The van der Waals surface area contributed by atoms with Gasteiger partial charge in [-0.15, -0.1) is 0 Å². The van der Waals surface area contributed by atoms with E-state index in [0.717, 1.165) is 73.9 Å². The van der Waals surface area contributed by atoms with Gasteiger partial charge in [-0.25, -0.2) is 4.98 Å². The van der Waals surface area contributed by atoms with E-state index in [4.69, 9.17) is 14.1 Å². The number of methoxy groups -OCH3 is 1. The van der Waals surface area contributed by atoms with E-state index >= 15 is 0 Å². The summed E-state index contributed by atoms with van der Waals surface area (Å²) in [6.45, 7) is 2.96. The molecule has 7 rings (SSSR count). The van der Waals surface area contributed by atoms with E-state index in [2.05, 4.69) is 4.90 Å². The lowest BCUT2D eigenvalue weighted by Gasteiger charge is -2.33. The number of pyridine rings is 1. The van der Waals surface area contributed by atoms with Crippen molar-refractivity contribution in [3.8, 4) is 28.6 Å². The van der Waals surface area contributed by atoms with E-state index in [-0.39, 0.29) is 40.4 Å². The molecule has 2 saturated heterocycles. The van der Waals surface area contributed by atoms with Crippen molar-refractivity contribution in [2.45, 2.75) is 50.9 Å². The minimum atomic E-state index is -0.738. The highest BCUT2D eigenvalue weighted by Gasteiger charge is 2.33. The first-order valence-electron chi connectivity index (χ1n) is 16.5. The third kappa shape index (κ3) is 5.98. The summed E-state index contributed by atoms with van der Waals surface area (Å²) in [5, 5.41) is 23.5. The largest absolute Gasteiger partial charge is 0.507 e. The average Bonchev–Trinajstić information content (AvgIpc) is 3.11. The molecule has 0 bridgehead atoms. The van der Waals surface area contributed by atoms with Crippen LogP contribution >= 0.6 is 0 Å². The Hall–Kier alpha value is -5.05. The van der Waals surface area contributed by atoms with Gasteiger partial charge in [0.05, 0.1) is 12.6 Å². The Morgan fingerprint density at radius 2 is 1.62 bits per heavy atom. The molecular formula is C38H39N3O6. The molecule has 3 aromatic carbocycles. The fraction of sp³-hybridized carbons (Fsp3) is 0.342. The molecule has 0 aliphatic carbocycles. The summed E-state index contributed by atoms with van der Waals surface area (Å²) >= 11 is 0. The Bertz CT molecular complexity index is 2000. The highest BCUT2D eigenvalue weighted by Crippen LogP contribution is 2.46. The summed E-state index contributed by atoms with van der Waals surface area (Å²) in [5.41, 5.74) is 2.09. The number of phenols is 2. The summed E-state index contributed by atoms with van der Waals surface area (Å²) in [4.78, 5) is 37.1. The molecule has 2 aliphatic rings. The number of hydrogen-bond acceptors (Lipinski definition) is 8. The van der Waals surface area contributed by atoms with Crippen LogP contribution in [0.5, 0.6) is 17.2 Å². The third-order valence-corrected chi connectivity index (χ3v) is 9.56. The fourth-order valence-electron chi connectivity index (χ4n) is 7.11. The maximum atomic E-state index is 14.1. The second-order valence-corrected chi connectivity index (χ2v) is 12.6. The molecule has 5 aromatic rings. The van der Waals surface area contributed by atoms with Crippen LogP contribution in [-0.2, 0) is 4.79 Å². The zero-order valence-electron chi connectivity index (χ0n) is 26.6. The quantitative estimate of drug-likeness (QED) is 0.198. The number of benzene rings is 3. The van der Waals surface area contributed by atoms with Crippen LogP contribution in [0.1, 0.15) is 62.0 Å². The number of aromatic hydroxyl groups is 2. The number of rotatable bonds is 7. The van der Waals surface area contributed by atoms with E-state index in [1.54, 1.807) is 7.11 Å². The number of fused-ring (bicyclic) bond motifs is 2. The van der Waals surface area contributed by atoms with Crippen molar-refractivity contribution in [3.05, 3.63) is 88.1 Å². The van der Waals surface area contributed by atoms with Crippen LogP contribution in [0.15, 0.2) is 75.9 Å². The number of aromatic nitrogens is 1. The number of piperidine rings is 2. The molecule has 242 valence electrons. The number of amides is 1. The number of hydrogen-bond donors (Lipinski definition) is 2. The number of carbonyl (C=O) groups excluding carboxylic acids is 1. The minimum absolute atomic E-state index is 0.0247. The molecule has 9 heteroatoms. The molecule has 2 fully saturated rings. The topological polar surface area (TPSA) is 116 Å². The van der Waals surface area contributed by atoms with Crippen molar-refractivity contribution >= 4 is 33.6 Å². The second kappa shape index (κ2) is 13.0. The van der Waals surface area contributed by atoms with Crippen LogP contribution in [0.25, 0.3) is 33.2 Å². The standard InChI is InChI=1S/C38H39N3O6/c1-46-26-14-13-25-19-28(38(39-29(25)20-26)41-17-9-4-10-18-41)27(21-34(45)40-15-7-3-8-16-40)35-30(42)22-31(43)36-32(44)23-33(47-37(35)36)24-11-5-2-6-12-24/h2,5-6,11-14,19-20,22-23,27,42-43H,3-4,7-10,15-18,21H2,1H3/t27-/m0/s1. The first-order valence-corrected chi connectivity index (χ1v) is 16.5. The van der Waals surface area contributed by atoms with E-state index < -0.39 is 11.3 Å². The number of carbonyl (C=O) groups is 1. The number of likely N-dealkylation sites (tertiary alicyclic amines) is 1. The monoisotopic (exact) mass is 633 g/mol. The molecule has 0 unspecified atom stereocenters. The lowest BCUT2D eigenvalue weighted by molar-refractivity contribution is -0.132. The van der Waals surface area contributed by atoms with Crippen molar-refractivity contribution < 1.29 is 24.2 Å². The summed E-state index contributed by atoms with van der Waals surface area (Å²) in [6, 6.07) is 19.5. The molecule has 2 N–H and O–H groups in total. The van der Waals surface area contributed by atoms with Crippen molar-refractivity contribution in [3.63, 3.8) is 0 Å². The van der Waals surface area contributed by atoms with Gasteiger partial charge in [0.2, 0.25) is 5.91 Å². The number of anilines is 1. The lowest BCUT2D eigenvalue weighted by atomic mass is 9.85.